The van der Waals surface area contributed by atoms with Crippen LogP contribution in [-0.4, -0.2) is 35.2 Å². The Labute approximate surface area is 104 Å². The smallest absolute Gasteiger partial charge is 0.270 e. The number of thioether (sulfide) groups is 1. The Kier molecular flexibility index (Phi) is 3.80. The van der Waals surface area contributed by atoms with E-state index in [0.29, 0.717) is 16.5 Å². The second-order valence-electron chi connectivity index (χ2n) is 3.76. The molecule has 1 aliphatic heterocycles. The van der Waals surface area contributed by atoms with Crippen LogP contribution in [0, 0.1) is 0 Å². The van der Waals surface area contributed by atoms with Crippen LogP contribution in [0.5, 0.6) is 0 Å². The van der Waals surface area contributed by atoms with Crippen LogP contribution in [0.25, 0.3) is 0 Å². The van der Waals surface area contributed by atoms with Crippen LogP contribution in [0.1, 0.15) is 23.2 Å². The fourth-order valence-corrected chi connectivity index (χ4v) is 2.20. The number of nitrogens with one attached hydrogen (secondary N) is 1. The highest BCUT2D eigenvalue weighted by molar-refractivity contribution is 7.98. The molecule has 1 amide bonds. The van der Waals surface area contributed by atoms with Gasteiger partial charge in [-0.3, -0.25) is 10.2 Å². The molecule has 2 rings (SSSR count). The number of hydrogen-bond acceptors (Lipinski definition) is 6. The summed E-state index contributed by atoms with van der Waals surface area (Å²) in [5.74, 6) is 5.50. The highest BCUT2D eigenvalue weighted by Crippen LogP contribution is 2.23. The zero-order valence-corrected chi connectivity index (χ0v) is 10.5. The van der Waals surface area contributed by atoms with Gasteiger partial charge in [0.15, 0.2) is 5.16 Å². The van der Waals surface area contributed by atoms with Crippen LogP contribution in [0.15, 0.2) is 11.4 Å². The Morgan fingerprint density at radius 2 is 2.24 bits per heavy atom. The maximum atomic E-state index is 11.6. The number of amides is 1. The monoisotopic (exact) mass is 253 g/mol. The Bertz CT molecular complexity index is 419. The van der Waals surface area contributed by atoms with E-state index >= 15 is 0 Å². The number of hydrogen-bond donors (Lipinski definition) is 2. The van der Waals surface area contributed by atoms with Crippen LogP contribution in [0.3, 0.4) is 0 Å². The summed E-state index contributed by atoms with van der Waals surface area (Å²) < 4.78 is 0. The molecule has 2 heterocycles. The number of hydrazine groups is 1. The van der Waals surface area contributed by atoms with Crippen molar-refractivity contribution in [3.63, 3.8) is 0 Å². The molecule has 1 saturated heterocycles. The number of rotatable bonds is 3. The Balaban J connectivity index is 2.39. The van der Waals surface area contributed by atoms with Gasteiger partial charge >= 0.3 is 0 Å². The third-order valence-corrected chi connectivity index (χ3v) is 3.27. The molecule has 0 saturated carbocycles. The molecule has 0 radical (unpaired) electrons. The summed E-state index contributed by atoms with van der Waals surface area (Å²) in [6, 6.07) is 0. The third kappa shape index (κ3) is 2.50. The summed E-state index contributed by atoms with van der Waals surface area (Å²) in [5.41, 5.74) is 2.57. The Morgan fingerprint density at radius 1 is 1.53 bits per heavy atom. The highest BCUT2D eigenvalue weighted by atomic mass is 32.2. The maximum Gasteiger partial charge on any atom is 0.270 e. The largest absolute Gasteiger partial charge is 0.356 e. The van der Waals surface area contributed by atoms with Gasteiger partial charge in [0.2, 0.25) is 0 Å². The van der Waals surface area contributed by atoms with Crippen LogP contribution < -0.4 is 16.2 Å². The topological polar surface area (TPSA) is 84.1 Å². The summed E-state index contributed by atoms with van der Waals surface area (Å²) >= 11 is 1.46. The van der Waals surface area contributed by atoms with E-state index in [-0.39, 0.29) is 5.91 Å². The molecule has 17 heavy (non-hydrogen) atoms. The number of carbonyl (C=O) groups is 1. The summed E-state index contributed by atoms with van der Waals surface area (Å²) in [4.78, 5) is 22.3. The van der Waals surface area contributed by atoms with Gasteiger partial charge in [-0.25, -0.2) is 15.8 Å². The van der Waals surface area contributed by atoms with Gasteiger partial charge in [-0.2, -0.15) is 0 Å². The van der Waals surface area contributed by atoms with Crippen LogP contribution in [0.2, 0.25) is 0 Å². The number of nitrogens with two attached hydrogens (primary N) is 1. The fourth-order valence-electron chi connectivity index (χ4n) is 1.86. The molecule has 0 unspecified atom stereocenters. The Morgan fingerprint density at radius 3 is 2.82 bits per heavy atom. The molecule has 0 bridgehead atoms. The van der Waals surface area contributed by atoms with Gasteiger partial charge in [-0.15, -0.1) is 0 Å². The van der Waals surface area contributed by atoms with Gasteiger partial charge in [-0.1, -0.05) is 11.8 Å². The molecular formula is C10H15N5OS. The van der Waals surface area contributed by atoms with Gasteiger partial charge in [0.05, 0.1) is 0 Å². The molecule has 1 aromatic rings. The lowest BCUT2D eigenvalue weighted by Crippen LogP contribution is -2.33. The zero-order chi connectivity index (χ0) is 12.3. The van der Waals surface area contributed by atoms with E-state index in [2.05, 4.69) is 20.3 Å². The molecule has 0 aromatic carbocycles. The third-order valence-electron chi connectivity index (χ3n) is 2.71. The number of aromatic nitrogens is 2. The van der Waals surface area contributed by atoms with Crippen molar-refractivity contribution in [3.8, 4) is 0 Å². The molecule has 3 N–H and O–H groups in total. The quantitative estimate of drug-likeness (QED) is 0.267. The van der Waals surface area contributed by atoms with Crippen molar-refractivity contribution in [2.75, 3.05) is 24.2 Å². The molecular weight excluding hydrogens is 238 g/mol. The average molecular weight is 253 g/mol. The molecule has 0 aliphatic carbocycles. The molecule has 0 atom stereocenters. The first kappa shape index (κ1) is 12.1. The average Bonchev–Trinajstić information content (AvgIpc) is 2.91. The summed E-state index contributed by atoms with van der Waals surface area (Å²) in [5, 5.41) is 0.667. The summed E-state index contributed by atoms with van der Waals surface area (Å²) in [7, 11) is 0. The van der Waals surface area contributed by atoms with E-state index in [1.807, 2.05) is 6.26 Å². The van der Waals surface area contributed by atoms with E-state index in [1.54, 1.807) is 0 Å². The SMILES string of the molecule is CSc1ncc(C(=O)NN)c(N2CCCC2)n1. The fraction of sp³-hybridized carbons (Fsp3) is 0.500. The lowest BCUT2D eigenvalue weighted by atomic mass is 10.3. The van der Waals surface area contributed by atoms with Crippen molar-refractivity contribution < 1.29 is 4.79 Å². The molecule has 1 fully saturated rings. The second kappa shape index (κ2) is 5.33. The van der Waals surface area contributed by atoms with E-state index in [0.717, 1.165) is 25.9 Å². The second-order valence-corrected chi connectivity index (χ2v) is 4.53. The molecule has 7 heteroatoms. The van der Waals surface area contributed by atoms with Crippen molar-refractivity contribution in [3.05, 3.63) is 11.8 Å². The van der Waals surface area contributed by atoms with Gasteiger partial charge in [0.25, 0.3) is 5.91 Å². The number of carbonyl (C=O) groups excluding carboxylic acids is 1. The maximum absolute atomic E-state index is 11.6. The van der Waals surface area contributed by atoms with Crippen LogP contribution >= 0.6 is 11.8 Å². The zero-order valence-electron chi connectivity index (χ0n) is 9.64. The van der Waals surface area contributed by atoms with Gasteiger partial charge in [-0.05, 0) is 19.1 Å². The van der Waals surface area contributed by atoms with Gasteiger partial charge in [0, 0.05) is 19.3 Å². The molecule has 6 nitrogen and oxygen atoms in total. The standard InChI is InChI=1S/C10H15N5OS/c1-17-10-12-6-7(9(16)14-11)8(13-10)15-4-2-3-5-15/h6H,2-5,11H2,1H3,(H,14,16). The van der Waals surface area contributed by atoms with Gasteiger partial charge in [0.1, 0.15) is 11.4 Å². The van der Waals surface area contributed by atoms with E-state index < -0.39 is 0 Å². The van der Waals surface area contributed by atoms with Crippen molar-refractivity contribution in [2.24, 2.45) is 5.84 Å². The van der Waals surface area contributed by atoms with Crippen molar-refractivity contribution >= 4 is 23.5 Å². The number of anilines is 1. The normalized spacial score (nSPS) is 15.1. The predicted octanol–water partition coefficient (Wildman–Crippen LogP) is 0.402. The molecule has 0 spiro atoms. The van der Waals surface area contributed by atoms with Crippen LogP contribution in [-0.2, 0) is 0 Å². The minimum Gasteiger partial charge on any atom is -0.356 e. The highest BCUT2D eigenvalue weighted by Gasteiger charge is 2.21. The minimum absolute atomic E-state index is 0.348. The first-order valence-electron chi connectivity index (χ1n) is 5.43. The Hall–Kier alpha value is -1.34. The first-order valence-corrected chi connectivity index (χ1v) is 6.65. The molecule has 1 aromatic heterocycles. The van der Waals surface area contributed by atoms with Crippen molar-refractivity contribution in [2.45, 2.75) is 18.0 Å². The lowest BCUT2D eigenvalue weighted by molar-refractivity contribution is 0.0953. The van der Waals surface area contributed by atoms with Crippen molar-refractivity contribution in [1.82, 2.24) is 15.4 Å². The summed E-state index contributed by atoms with van der Waals surface area (Å²) in [6.45, 7) is 1.85. The van der Waals surface area contributed by atoms with Crippen LogP contribution in [0.4, 0.5) is 5.82 Å². The predicted molar refractivity (Wildman–Crippen MR) is 66.9 cm³/mol. The molecule has 1 aliphatic rings. The van der Waals surface area contributed by atoms with E-state index in [9.17, 15) is 4.79 Å². The van der Waals surface area contributed by atoms with Gasteiger partial charge < -0.3 is 4.90 Å². The minimum atomic E-state index is -0.348. The molecule has 92 valence electrons. The lowest BCUT2D eigenvalue weighted by Gasteiger charge is -2.19. The summed E-state index contributed by atoms with van der Waals surface area (Å²) in [6.07, 6.45) is 5.70. The van der Waals surface area contributed by atoms with Crippen molar-refractivity contribution in [1.29, 1.82) is 0 Å². The first-order chi connectivity index (χ1) is 8.26. The van der Waals surface area contributed by atoms with E-state index in [4.69, 9.17) is 5.84 Å². The number of nitrogen functional groups attached to an aromatic ring is 1. The number of nitrogens with zero attached hydrogens (tertiary/aromatic N) is 3. The van der Waals surface area contributed by atoms with E-state index in [1.165, 1.54) is 18.0 Å².